The van der Waals surface area contributed by atoms with Crippen molar-refractivity contribution >= 4 is 17.9 Å². The van der Waals surface area contributed by atoms with Gasteiger partial charge in [0.25, 0.3) is 0 Å². The zero-order chi connectivity index (χ0) is 20.4. The molecular weight excluding hydrogens is 352 g/mol. The summed E-state index contributed by atoms with van der Waals surface area (Å²) < 4.78 is 0. The number of hydrogen-bond donors (Lipinski definition) is 4. The minimum absolute atomic E-state index is 0.341. The third-order valence-electron chi connectivity index (χ3n) is 5.51. The third kappa shape index (κ3) is 6.17. The largest absolute Gasteiger partial charge is 0.481 e. The molecule has 0 aliphatic carbocycles. The number of aliphatic carboxylic acids is 3. The zero-order valence-corrected chi connectivity index (χ0v) is 16.4. The number of unbranched alkanes of at least 4 members (excludes halogenated alkanes) is 2. The molecule has 4 N–H and O–H groups in total. The van der Waals surface area contributed by atoms with E-state index < -0.39 is 35.5 Å². The van der Waals surface area contributed by atoms with Gasteiger partial charge in [0.1, 0.15) is 6.04 Å². The normalized spacial score (nSPS) is 22.4. The van der Waals surface area contributed by atoms with Gasteiger partial charge in [0, 0.05) is 6.54 Å². The SMILES string of the molecule is CCCCCC(C(=O)O)N1CCCC1(NCCCC(CC)C(=O)O)C(=O)O. The van der Waals surface area contributed by atoms with Gasteiger partial charge >= 0.3 is 17.9 Å². The maximum atomic E-state index is 12.1. The minimum atomic E-state index is -1.39. The lowest BCUT2D eigenvalue weighted by molar-refractivity contribution is -0.159. The minimum Gasteiger partial charge on any atom is -0.481 e. The fourth-order valence-corrected chi connectivity index (χ4v) is 3.90. The average molecular weight is 386 g/mol. The van der Waals surface area contributed by atoms with Crippen molar-refractivity contribution < 1.29 is 29.7 Å². The van der Waals surface area contributed by atoms with E-state index in [9.17, 15) is 24.6 Å². The lowest BCUT2D eigenvalue weighted by Gasteiger charge is -2.39. The molecule has 3 atom stereocenters. The van der Waals surface area contributed by atoms with E-state index in [2.05, 4.69) is 5.32 Å². The number of nitrogens with one attached hydrogen (secondary N) is 1. The molecule has 27 heavy (non-hydrogen) atoms. The van der Waals surface area contributed by atoms with Crippen LogP contribution in [0.25, 0.3) is 0 Å². The number of rotatable bonds is 14. The summed E-state index contributed by atoms with van der Waals surface area (Å²) in [6, 6.07) is -0.829. The van der Waals surface area contributed by atoms with E-state index in [0.29, 0.717) is 51.6 Å². The number of likely N-dealkylation sites (tertiary alicyclic amines) is 1. The summed E-state index contributed by atoms with van der Waals surface area (Å²) in [6.07, 6.45) is 5.54. The fraction of sp³-hybridized carbons (Fsp3) is 0.842. The Bertz CT molecular complexity index is 512. The fourth-order valence-electron chi connectivity index (χ4n) is 3.90. The quantitative estimate of drug-likeness (QED) is 0.335. The summed E-state index contributed by atoms with van der Waals surface area (Å²) in [5.74, 6) is -3.33. The molecule has 1 aliphatic rings. The van der Waals surface area contributed by atoms with Crippen LogP contribution in [0.15, 0.2) is 0 Å². The Labute approximate surface area is 160 Å². The standard InChI is InChI=1S/C19H34N2O6/c1-3-5-6-10-15(17(24)25)21-13-8-11-19(21,18(26)27)20-12-7-9-14(4-2)16(22)23/h14-15,20H,3-13H2,1-2H3,(H,22,23)(H,24,25)(H,26,27). The van der Waals surface area contributed by atoms with Crippen LogP contribution in [0.3, 0.4) is 0 Å². The van der Waals surface area contributed by atoms with Crippen LogP contribution in [0.5, 0.6) is 0 Å². The summed E-state index contributed by atoms with van der Waals surface area (Å²) in [7, 11) is 0. The van der Waals surface area contributed by atoms with Crippen molar-refractivity contribution in [2.45, 2.75) is 83.3 Å². The molecule has 156 valence electrons. The number of nitrogens with zero attached hydrogens (tertiary/aromatic N) is 1. The zero-order valence-electron chi connectivity index (χ0n) is 16.4. The molecular formula is C19H34N2O6. The molecule has 1 heterocycles. The molecule has 0 bridgehead atoms. The highest BCUT2D eigenvalue weighted by Crippen LogP contribution is 2.31. The molecule has 1 saturated heterocycles. The van der Waals surface area contributed by atoms with Crippen LogP contribution in [0, 0.1) is 5.92 Å². The molecule has 0 aromatic carbocycles. The molecule has 0 aromatic rings. The van der Waals surface area contributed by atoms with Gasteiger partial charge < -0.3 is 15.3 Å². The van der Waals surface area contributed by atoms with Gasteiger partial charge in [-0.15, -0.1) is 0 Å². The van der Waals surface area contributed by atoms with Crippen molar-refractivity contribution in [1.82, 2.24) is 10.2 Å². The highest BCUT2D eigenvalue weighted by Gasteiger charge is 2.51. The van der Waals surface area contributed by atoms with E-state index in [1.807, 2.05) is 13.8 Å². The maximum Gasteiger partial charge on any atom is 0.339 e. The van der Waals surface area contributed by atoms with E-state index in [0.717, 1.165) is 19.3 Å². The van der Waals surface area contributed by atoms with Gasteiger partial charge in [0.15, 0.2) is 5.66 Å². The van der Waals surface area contributed by atoms with Gasteiger partial charge in [-0.05, 0) is 45.1 Å². The van der Waals surface area contributed by atoms with E-state index in [-0.39, 0.29) is 0 Å². The molecule has 0 amide bonds. The third-order valence-corrected chi connectivity index (χ3v) is 5.51. The van der Waals surface area contributed by atoms with Crippen LogP contribution in [0.1, 0.15) is 71.6 Å². The van der Waals surface area contributed by atoms with Gasteiger partial charge in [-0.3, -0.25) is 19.8 Å². The second-order valence-corrected chi connectivity index (χ2v) is 7.32. The maximum absolute atomic E-state index is 12.1. The molecule has 3 unspecified atom stereocenters. The first-order chi connectivity index (χ1) is 12.8. The first-order valence-electron chi connectivity index (χ1n) is 10.0. The summed E-state index contributed by atoms with van der Waals surface area (Å²) in [6.45, 7) is 4.62. The highest BCUT2D eigenvalue weighted by molar-refractivity contribution is 5.81. The molecule has 0 radical (unpaired) electrons. The lowest BCUT2D eigenvalue weighted by Crippen LogP contribution is -2.65. The van der Waals surface area contributed by atoms with Crippen molar-refractivity contribution in [2.24, 2.45) is 5.92 Å². The second-order valence-electron chi connectivity index (χ2n) is 7.32. The van der Waals surface area contributed by atoms with Crippen LogP contribution in [0.2, 0.25) is 0 Å². The predicted molar refractivity (Wildman–Crippen MR) is 101 cm³/mol. The number of carboxylic acids is 3. The van der Waals surface area contributed by atoms with Crippen LogP contribution in [-0.2, 0) is 14.4 Å². The van der Waals surface area contributed by atoms with Crippen molar-refractivity contribution in [1.29, 1.82) is 0 Å². The Kier molecular flexibility index (Phi) is 9.73. The van der Waals surface area contributed by atoms with Crippen molar-refractivity contribution in [2.75, 3.05) is 13.1 Å². The Morgan fingerprint density at radius 1 is 1.04 bits per heavy atom. The van der Waals surface area contributed by atoms with E-state index in [4.69, 9.17) is 5.11 Å². The van der Waals surface area contributed by atoms with Gasteiger partial charge in [-0.2, -0.15) is 0 Å². The highest BCUT2D eigenvalue weighted by atomic mass is 16.4. The topological polar surface area (TPSA) is 127 Å². The molecule has 0 saturated carbocycles. The first kappa shape index (κ1) is 23.4. The van der Waals surface area contributed by atoms with Gasteiger partial charge in [-0.1, -0.05) is 33.1 Å². The molecule has 1 fully saturated rings. The number of carbonyl (C=O) groups is 3. The van der Waals surface area contributed by atoms with Crippen LogP contribution >= 0.6 is 0 Å². The number of hydrogen-bond acceptors (Lipinski definition) is 5. The predicted octanol–water partition coefficient (Wildman–Crippen LogP) is 2.38. The summed E-state index contributed by atoms with van der Waals surface area (Å²) >= 11 is 0. The van der Waals surface area contributed by atoms with Crippen LogP contribution in [0.4, 0.5) is 0 Å². The lowest BCUT2D eigenvalue weighted by atomic mass is 9.99. The van der Waals surface area contributed by atoms with Crippen molar-refractivity contribution in [3.8, 4) is 0 Å². The van der Waals surface area contributed by atoms with E-state index in [1.165, 1.54) is 0 Å². The van der Waals surface area contributed by atoms with Crippen LogP contribution < -0.4 is 5.32 Å². The Hall–Kier alpha value is -1.67. The summed E-state index contributed by atoms with van der Waals surface area (Å²) in [5, 5.41) is 31.7. The monoisotopic (exact) mass is 386 g/mol. The van der Waals surface area contributed by atoms with Gasteiger partial charge in [0.05, 0.1) is 5.92 Å². The molecule has 8 heteroatoms. The van der Waals surface area contributed by atoms with E-state index in [1.54, 1.807) is 4.90 Å². The molecule has 8 nitrogen and oxygen atoms in total. The van der Waals surface area contributed by atoms with Crippen LogP contribution in [-0.4, -0.2) is 62.9 Å². The number of carboxylic acid groups (broad SMARTS) is 3. The molecule has 1 rings (SSSR count). The Morgan fingerprint density at radius 3 is 2.26 bits per heavy atom. The Morgan fingerprint density at radius 2 is 1.74 bits per heavy atom. The van der Waals surface area contributed by atoms with Crippen molar-refractivity contribution in [3.05, 3.63) is 0 Å². The Balaban J connectivity index is 2.80. The molecule has 1 aliphatic heterocycles. The second kappa shape index (κ2) is 11.2. The summed E-state index contributed by atoms with van der Waals surface area (Å²) in [5.41, 5.74) is -1.39. The van der Waals surface area contributed by atoms with E-state index >= 15 is 0 Å². The first-order valence-corrected chi connectivity index (χ1v) is 10.0. The molecule has 0 aromatic heterocycles. The smallest absolute Gasteiger partial charge is 0.339 e. The van der Waals surface area contributed by atoms with Crippen molar-refractivity contribution in [3.63, 3.8) is 0 Å². The average Bonchev–Trinajstić information content (AvgIpc) is 3.03. The van der Waals surface area contributed by atoms with Gasteiger partial charge in [-0.25, -0.2) is 4.79 Å². The van der Waals surface area contributed by atoms with Gasteiger partial charge in [0.2, 0.25) is 0 Å². The molecule has 0 spiro atoms. The summed E-state index contributed by atoms with van der Waals surface area (Å²) in [4.78, 5) is 36.6.